The summed E-state index contributed by atoms with van der Waals surface area (Å²) in [6.45, 7) is 3.69. The third-order valence-corrected chi connectivity index (χ3v) is 5.34. The highest BCUT2D eigenvalue weighted by Crippen LogP contribution is 2.41. The van der Waals surface area contributed by atoms with E-state index in [9.17, 15) is 20.1 Å². The van der Waals surface area contributed by atoms with Crippen molar-refractivity contribution in [1.29, 1.82) is 10.5 Å². The Labute approximate surface area is 203 Å². The van der Waals surface area contributed by atoms with Crippen LogP contribution in [0.2, 0.25) is 0 Å². The lowest BCUT2D eigenvalue weighted by molar-refractivity contribution is -0.118. The number of halogens is 1. The number of ether oxygens (including phenoxy) is 2. The Bertz CT molecular complexity index is 1380. The molecule has 0 aliphatic heterocycles. The van der Waals surface area contributed by atoms with Crippen LogP contribution in [0.25, 0.3) is 11.1 Å². The number of carbonyl (C=O) groups is 1. The van der Waals surface area contributed by atoms with Gasteiger partial charge in [0.1, 0.15) is 29.1 Å². The summed E-state index contributed by atoms with van der Waals surface area (Å²) in [6, 6.07) is 14.2. The lowest BCUT2D eigenvalue weighted by Crippen LogP contribution is -2.20. The predicted molar refractivity (Wildman–Crippen MR) is 131 cm³/mol. The molecule has 0 unspecified atom stereocenters. The zero-order valence-corrected chi connectivity index (χ0v) is 19.9. The Hall–Kier alpha value is -4.28. The number of aromatic nitrogens is 1. The number of aromatic amines is 1. The highest BCUT2D eigenvalue weighted by atomic mass is 79.9. The van der Waals surface area contributed by atoms with Crippen molar-refractivity contribution < 1.29 is 14.3 Å². The van der Waals surface area contributed by atoms with Gasteiger partial charge in [0.15, 0.2) is 18.1 Å². The third-order valence-electron chi connectivity index (χ3n) is 4.75. The highest BCUT2D eigenvalue weighted by molar-refractivity contribution is 9.10. The first-order valence-electron chi connectivity index (χ1n) is 10.1. The quantitative estimate of drug-likeness (QED) is 0.426. The molecule has 1 heterocycles. The monoisotopic (exact) mass is 521 g/mol. The van der Waals surface area contributed by atoms with Crippen LogP contribution in [-0.4, -0.2) is 24.1 Å². The fraction of sp³-hybridized carbons (Fsp3) is 0.167. The van der Waals surface area contributed by atoms with Gasteiger partial charge in [-0.3, -0.25) is 9.59 Å². The molecule has 10 heteroatoms. The van der Waals surface area contributed by atoms with E-state index in [1.807, 2.05) is 31.2 Å². The van der Waals surface area contributed by atoms with Crippen LogP contribution in [-0.2, 0) is 4.79 Å². The molecule has 0 saturated carbocycles. The fourth-order valence-electron chi connectivity index (χ4n) is 3.22. The average Bonchev–Trinajstić information content (AvgIpc) is 2.79. The van der Waals surface area contributed by atoms with Crippen LogP contribution in [0.15, 0.2) is 45.7 Å². The second-order valence-electron chi connectivity index (χ2n) is 7.14. The summed E-state index contributed by atoms with van der Waals surface area (Å²) in [7, 11) is 0. The van der Waals surface area contributed by atoms with Gasteiger partial charge >= 0.3 is 0 Å². The molecule has 0 fully saturated rings. The van der Waals surface area contributed by atoms with Crippen molar-refractivity contribution in [1.82, 2.24) is 4.98 Å². The summed E-state index contributed by atoms with van der Waals surface area (Å²) < 4.78 is 11.8. The van der Waals surface area contributed by atoms with Gasteiger partial charge in [-0.25, -0.2) is 0 Å². The Morgan fingerprint density at radius 2 is 1.82 bits per heavy atom. The van der Waals surface area contributed by atoms with Gasteiger partial charge in [-0.2, -0.15) is 10.5 Å². The van der Waals surface area contributed by atoms with Crippen molar-refractivity contribution in [3.63, 3.8) is 0 Å². The van der Waals surface area contributed by atoms with Crippen molar-refractivity contribution >= 4 is 33.3 Å². The lowest BCUT2D eigenvalue weighted by atomic mass is 9.96. The van der Waals surface area contributed by atoms with Gasteiger partial charge < -0.3 is 25.5 Å². The number of nitriles is 2. The molecule has 1 aromatic heterocycles. The molecular weight excluding hydrogens is 502 g/mol. The van der Waals surface area contributed by atoms with Crippen LogP contribution in [0.5, 0.6) is 11.5 Å². The molecule has 9 nitrogen and oxygen atoms in total. The third kappa shape index (κ3) is 5.20. The molecule has 0 aliphatic carbocycles. The molecule has 3 aromatic rings. The first-order valence-corrected chi connectivity index (χ1v) is 10.9. The van der Waals surface area contributed by atoms with Crippen LogP contribution in [0.3, 0.4) is 0 Å². The maximum atomic E-state index is 12.4. The number of pyridine rings is 1. The van der Waals surface area contributed by atoms with Gasteiger partial charge in [0.2, 0.25) is 0 Å². The first-order chi connectivity index (χ1) is 16.3. The van der Waals surface area contributed by atoms with E-state index in [2.05, 4.69) is 26.2 Å². The Balaban J connectivity index is 1.97. The number of carbonyl (C=O) groups excluding carboxylic acids is 1. The molecule has 4 N–H and O–H groups in total. The van der Waals surface area contributed by atoms with Crippen molar-refractivity contribution in [3.05, 3.63) is 67.9 Å². The minimum Gasteiger partial charge on any atom is -0.490 e. The van der Waals surface area contributed by atoms with Crippen LogP contribution in [0.1, 0.15) is 23.6 Å². The van der Waals surface area contributed by atoms with E-state index in [1.165, 1.54) is 6.07 Å². The van der Waals surface area contributed by atoms with Gasteiger partial charge in [0.25, 0.3) is 11.5 Å². The molecule has 0 spiro atoms. The number of hydrogen-bond acceptors (Lipinski definition) is 7. The van der Waals surface area contributed by atoms with E-state index >= 15 is 0 Å². The molecule has 2 aromatic carbocycles. The number of rotatable bonds is 7. The summed E-state index contributed by atoms with van der Waals surface area (Å²) >= 11 is 3.40. The van der Waals surface area contributed by atoms with E-state index in [1.54, 1.807) is 25.1 Å². The summed E-state index contributed by atoms with van der Waals surface area (Å²) in [5.41, 5.74) is 6.93. The maximum Gasteiger partial charge on any atom is 0.268 e. The maximum absolute atomic E-state index is 12.4. The van der Waals surface area contributed by atoms with E-state index in [-0.39, 0.29) is 53.1 Å². The standard InChI is InChI=1S/C24H20BrN5O4/c1-3-33-19-9-14(21-16(10-26)23(28)30-24(32)17(21)11-27)8-18(25)22(19)34-12-20(31)29-15-6-4-13(2)5-7-15/h4-9H,3,12H2,1-2H3,(H,29,31)(H3,28,30,32). The Morgan fingerprint density at radius 1 is 1.15 bits per heavy atom. The second-order valence-corrected chi connectivity index (χ2v) is 7.99. The number of nitrogens with one attached hydrogen (secondary N) is 2. The number of anilines is 2. The molecule has 34 heavy (non-hydrogen) atoms. The lowest BCUT2D eigenvalue weighted by Gasteiger charge is -2.16. The van der Waals surface area contributed by atoms with Crippen molar-refractivity contribution in [2.24, 2.45) is 0 Å². The second kappa shape index (κ2) is 10.6. The summed E-state index contributed by atoms with van der Waals surface area (Å²) in [6.07, 6.45) is 0. The van der Waals surface area contributed by atoms with Crippen LogP contribution < -0.4 is 26.1 Å². The molecule has 0 aliphatic rings. The SMILES string of the molecule is CCOc1cc(-c2c(C#N)c(N)[nH]c(=O)c2C#N)cc(Br)c1OCC(=O)Nc1ccc(C)cc1. The molecule has 3 rings (SSSR count). The number of hydrogen-bond donors (Lipinski definition) is 3. The number of nitrogen functional groups attached to an aromatic ring is 1. The molecule has 1 amide bonds. The molecule has 0 radical (unpaired) electrons. The summed E-state index contributed by atoms with van der Waals surface area (Å²) in [5.74, 6) is -0.0204. The predicted octanol–water partition coefficient (Wildman–Crippen LogP) is 3.85. The smallest absolute Gasteiger partial charge is 0.268 e. The minimum absolute atomic E-state index is 0.0448. The van der Waals surface area contributed by atoms with Gasteiger partial charge in [-0.15, -0.1) is 0 Å². The summed E-state index contributed by atoms with van der Waals surface area (Å²) in [4.78, 5) is 26.9. The number of amides is 1. The number of H-pyrrole nitrogens is 1. The zero-order valence-electron chi connectivity index (χ0n) is 18.4. The van der Waals surface area contributed by atoms with Crippen LogP contribution in [0, 0.1) is 29.6 Å². The average molecular weight is 522 g/mol. The van der Waals surface area contributed by atoms with Crippen LogP contribution in [0.4, 0.5) is 11.5 Å². The van der Waals surface area contributed by atoms with Crippen LogP contribution >= 0.6 is 15.9 Å². The summed E-state index contributed by atoms with van der Waals surface area (Å²) in [5, 5.41) is 21.8. The first kappa shape index (κ1) is 24.4. The van der Waals surface area contributed by atoms with Crippen molar-refractivity contribution in [3.8, 4) is 34.8 Å². The fourth-order valence-corrected chi connectivity index (χ4v) is 3.78. The topological polar surface area (TPSA) is 154 Å². The highest BCUT2D eigenvalue weighted by Gasteiger charge is 2.22. The van der Waals surface area contributed by atoms with Crippen molar-refractivity contribution in [2.75, 3.05) is 24.3 Å². The van der Waals surface area contributed by atoms with Gasteiger partial charge in [0, 0.05) is 11.3 Å². The van der Waals surface area contributed by atoms with E-state index in [0.29, 0.717) is 15.7 Å². The number of aryl methyl sites for hydroxylation is 1. The van der Waals surface area contributed by atoms with Gasteiger partial charge in [-0.05, 0) is 59.6 Å². The normalized spacial score (nSPS) is 10.1. The number of benzene rings is 2. The molecule has 0 atom stereocenters. The van der Waals surface area contributed by atoms with Gasteiger partial charge in [-0.1, -0.05) is 17.7 Å². The molecule has 0 bridgehead atoms. The molecule has 172 valence electrons. The largest absolute Gasteiger partial charge is 0.490 e. The van der Waals surface area contributed by atoms with E-state index in [0.717, 1.165) is 5.56 Å². The van der Waals surface area contributed by atoms with Crippen molar-refractivity contribution in [2.45, 2.75) is 13.8 Å². The van der Waals surface area contributed by atoms with Gasteiger partial charge in [0.05, 0.1) is 11.1 Å². The number of nitrogens with zero attached hydrogens (tertiary/aromatic N) is 2. The number of nitrogens with two attached hydrogens (primary N) is 1. The molecular formula is C24H20BrN5O4. The minimum atomic E-state index is -0.712. The molecule has 0 saturated heterocycles. The van der Waals surface area contributed by atoms with E-state index in [4.69, 9.17) is 15.2 Å². The zero-order chi connectivity index (χ0) is 24.8. The Morgan fingerprint density at radius 3 is 2.44 bits per heavy atom. The van der Waals surface area contributed by atoms with E-state index < -0.39 is 5.56 Å². The Kier molecular flexibility index (Phi) is 7.57.